The molecule has 0 aromatic carbocycles. The summed E-state index contributed by atoms with van der Waals surface area (Å²) in [6, 6.07) is 0. The van der Waals surface area contributed by atoms with Crippen LogP contribution in [0.25, 0.3) is 0 Å². The van der Waals surface area contributed by atoms with Crippen molar-refractivity contribution in [3.63, 3.8) is 0 Å². The molecule has 0 aliphatic heterocycles. The average molecular weight is 154 g/mol. The third-order valence-corrected chi connectivity index (χ3v) is 1.15. The van der Waals surface area contributed by atoms with Crippen LogP contribution in [0.4, 0.5) is 0 Å². The first kappa shape index (κ1) is 8.78. The van der Waals surface area contributed by atoms with Crippen molar-refractivity contribution < 1.29 is 9.05 Å². The Bertz CT molecular complexity index is 45.3. The van der Waals surface area contributed by atoms with E-state index in [9.17, 15) is 0 Å². The fourth-order valence-electron chi connectivity index (χ4n) is 0.377. The summed E-state index contributed by atoms with van der Waals surface area (Å²) >= 11 is 0. The molecule has 2 atom stereocenters. The van der Waals surface area contributed by atoms with Crippen molar-refractivity contribution in [3.05, 3.63) is 0 Å². The standard InChI is InChI=1S/C4H12O2P2/c1-4(2-5-7)3-6-8/h4H,2-3,7-8H2,1H3. The van der Waals surface area contributed by atoms with E-state index >= 15 is 0 Å². The van der Waals surface area contributed by atoms with E-state index < -0.39 is 0 Å². The van der Waals surface area contributed by atoms with Crippen molar-refractivity contribution in [1.82, 2.24) is 0 Å². The Balaban J connectivity index is 2.92. The zero-order chi connectivity index (χ0) is 6.41. The molecule has 0 heterocycles. The number of rotatable bonds is 4. The largest absolute Gasteiger partial charge is 0.365 e. The highest BCUT2D eigenvalue weighted by Gasteiger charge is 1.97. The fourth-order valence-corrected chi connectivity index (χ4v) is 1.03. The second kappa shape index (κ2) is 5.91. The van der Waals surface area contributed by atoms with E-state index in [1.54, 1.807) is 0 Å². The van der Waals surface area contributed by atoms with Gasteiger partial charge in [-0.3, -0.25) is 0 Å². The predicted octanol–water partition coefficient (Wildman–Crippen LogP) is 1.24. The molecule has 0 spiro atoms. The van der Waals surface area contributed by atoms with Gasteiger partial charge in [0, 0.05) is 24.9 Å². The second-order valence-corrected chi connectivity index (χ2v) is 2.44. The zero-order valence-electron chi connectivity index (χ0n) is 4.96. The summed E-state index contributed by atoms with van der Waals surface area (Å²) in [7, 11) is 4.42. The summed E-state index contributed by atoms with van der Waals surface area (Å²) in [6.45, 7) is 3.53. The minimum atomic E-state index is 0.477. The molecular formula is C4H12O2P2. The van der Waals surface area contributed by atoms with Crippen LogP contribution in [-0.2, 0) is 9.05 Å². The van der Waals surface area contributed by atoms with Crippen molar-refractivity contribution in [2.24, 2.45) is 5.92 Å². The van der Waals surface area contributed by atoms with Crippen molar-refractivity contribution in [3.8, 4) is 0 Å². The molecule has 0 saturated heterocycles. The van der Waals surface area contributed by atoms with Crippen LogP contribution in [0.5, 0.6) is 0 Å². The van der Waals surface area contributed by atoms with E-state index in [0.29, 0.717) is 5.92 Å². The maximum atomic E-state index is 4.78. The minimum absolute atomic E-state index is 0.477. The first-order valence-electron chi connectivity index (χ1n) is 2.44. The van der Waals surface area contributed by atoms with Gasteiger partial charge >= 0.3 is 0 Å². The van der Waals surface area contributed by atoms with Gasteiger partial charge in [0.05, 0.1) is 13.2 Å². The van der Waals surface area contributed by atoms with Gasteiger partial charge in [-0.15, -0.1) is 0 Å². The van der Waals surface area contributed by atoms with Gasteiger partial charge in [-0.05, 0) is 0 Å². The highest BCUT2D eigenvalue weighted by molar-refractivity contribution is 7.10. The Hall–Kier alpha value is 0.780. The SMILES string of the molecule is CC(COP)COP. The van der Waals surface area contributed by atoms with E-state index in [1.165, 1.54) is 0 Å². The summed E-state index contributed by atoms with van der Waals surface area (Å²) in [6.07, 6.45) is 0. The van der Waals surface area contributed by atoms with Gasteiger partial charge in [0.15, 0.2) is 0 Å². The van der Waals surface area contributed by atoms with Crippen LogP contribution >= 0.6 is 18.9 Å². The van der Waals surface area contributed by atoms with Gasteiger partial charge in [-0.25, -0.2) is 0 Å². The molecule has 0 radical (unpaired) electrons. The van der Waals surface area contributed by atoms with E-state index in [0.717, 1.165) is 13.2 Å². The van der Waals surface area contributed by atoms with Crippen LogP contribution in [-0.4, -0.2) is 13.2 Å². The van der Waals surface area contributed by atoms with Gasteiger partial charge in [0.1, 0.15) is 0 Å². The molecule has 4 heteroatoms. The fraction of sp³-hybridized carbons (Fsp3) is 1.00. The van der Waals surface area contributed by atoms with E-state index in [-0.39, 0.29) is 0 Å². The van der Waals surface area contributed by atoms with E-state index in [2.05, 4.69) is 25.9 Å². The smallest absolute Gasteiger partial charge is 0.0549 e. The monoisotopic (exact) mass is 154 g/mol. The third kappa shape index (κ3) is 4.93. The highest BCUT2D eigenvalue weighted by Crippen LogP contribution is 2.01. The normalized spacial score (nSPS) is 10.5. The Labute approximate surface area is 54.9 Å². The predicted molar refractivity (Wildman–Crippen MR) is 40.5 cm³/mol. The molecule has 0 rings (SSSR count). The van der Waals surface area contributed by atoms with Crippen molar-refractivity contribution in [2.75, 3.05) is 13.2 Å². The Morgan fingerprint density at radius 1 is 1.25 bits per heavy atom. The van der Waals surface area contributed by atoms with Crippen LogP contribution in [0.1, 0.15) is 6.92 Å². The molecule has 0 aromatic rings. The summed E-state index contributed by atoms with van der Waals surface area (Å²) in [5.41, 5.74) is 0. The van der Waals surface area contributed by atoms with Crippen LogP contribution in [0.15, 0.2) is 0 Å². The molecular weight excluding hydrogens is 142 g/mol. The van der Waals surface area contributed by atoms with Gasteiger partial charge in [-0.1, -0.05) is 6.92 Å². The van der Waals surface area contributed by atoms with E-state index in [1.807, 2.05) is 0 Å². The van der Waals surface area contributed by atoms with Gasteiger partial charge in [0.2, 0.25) is 0 Å². The number of hydrogen-bond acceptors (Lipinski definition) is 2. The van der Waals surface area contributed by atoms with Crippen LogP contribution in [0, 0.1) is 5.92 Å². The highest BCUT2D eigenvalue weighted by atomic mass is 31.0. The van der Waals surface area contributed by atoms with E-state index in [4.69, 9.17) is 9.05 Å². The summed E-state index contributed by atoms with van der Waals surface area (Å²) in [5.74, 6) is 0.477. The molecule has 0 N–H and O–H groups in total. The van der Waals surface area contributed by atoms with Crippen molar-refractivity contribution in [1.29, 1.82) is 0 Å². The van der Waals surface area contributed by atoms with Gasteiger partial charge in [0.25, 0.3) is 0 Å². The molecule has 0 bridgehead atoms. The summed E-state index contributed by atoms with van der Waals surface area (Å²) < 4.78 is 9.57. The molecule has 0 saturated carbocycles. The first-order chi connectivity index (χ1) is 3.81. The van der Waals surface area contributed by atoms with Gasteiger partial charge < -0.3 is 9.05 Å². The molecule has 50 valence electrons. The van der Waals surface area contributed by atoms with Crippen LogP contribution < -0.4 is 0 Å². The van der Waals surface area contributed by atoms with Crippen LogP contribution in [0.3, 0.4) is 0 Å². The Morgan fingerprint density at radius 3 is 1.88 bits per heavy atom. The lowest BCUT2D eigenvalue weighted by atomic mass is 10.2. The van der Waals surface area contributed by atoms with Crippen molar-refractivity contribution >= 4 is 18.9 Å². The lowest BCUT2D eigenvalue weighted by molar-refractivity contribution is 0.223. The lowest BCUT2D eigenvalue weighted by Gasteiger charge is -2.06. The quantitative estimate of drug-likeness (QED) is 0.567. The Morgan fingerprint density at radius 2 is 1.62 bits per heavy atom. The molecule has 2 nitrogen and oxygen atoms in total. The zero-order valence-corrected chi connectivity index (χ0v) is 7.27. The molecule has 0 aliphatic carbocycles. The number of hydrogen-bond donors (Lipinski definition) is 0. The average Bonchev–Trinajstić information content (AvgIpc) is 1.68. The second-order valence-electron chi connectivity index (χ2n) is 1.77. The third-order valence-electron chi connectivity index (χ3n) is 0.761. The molecule has 0 fully saturated rings. The topological polar surface area (TPSA) is 18.5 Å². The molecule has 0 amide bonds. The molecule has 8 heavy (non-hydrogen) atoms. The molecule has 0 aliphatic rings. The molecule has 2 unspecified atom stereocenters. The molecule has 0 aromatic heterocycles. The summed E-state index contributed by atoms with van der Waals surface area (Å²) in [5, 5.41) is 0. The maximum absolute atomic E-state index is 4.78. The van der Waals surface area contributed by atoms with Crippen LogP contribution in [0.2, 0.25) is 0 Å². The first-order valence-corrected chi connectivity index (χ1v) is 3.39. The minimum Gasteiger partial charge on any atom is -0.365 e. The van der Waals surface area contributed by atoms with Gasteiger partial charge in [-0.2, -0.15) is 0 Å². The lowest BCUT2D eigenvalue weighted by Crippen LogP contribution is -2.06. The Kier molecular flexibility index (Phi) is 6.48. The maximum Gasteiger partial charge on any atom is 0.0549 e. The van der Waals surface area contributed by atoms with Crippen molar-refractivity contribution in [2.45, 2.75) is 6.92 Å². The summed E-state index contributed by atoms with van der Waals surface area (Å²) in [4.78, 5) is 0.